The minimum atomic E-state index is -1.65. The van der Waals surface area contributed by atoms with E-state index in [1.165, 1.54) is 0 Å². The Morgan fingerprint density at radius 3 is 1.76 bits per heavy atom. The van der Waals surface area contributed by atoms with E-state index in [2.05, 4.69) is 15.9 Å². The van der Waals surface area contributed by atoms with E-state index in [1.54, 1.807) is 19.9 Å². The van der Waals surface area contributed by atoms with Crippen LogP contribution >= 0.6 is 15.9 Å². The van der Waals surface area contributed by atoms with Gasteiger partial charge in [0.1, 0.15) is 0 Å². The van der Waals surface area contributed by atoms with Crippen LogP contribution in [0.5, 0.6) is 0 Å². The van der Waals surface area contributed by atoms with Gasteiger partial charge in [0.25, 0.3) is 0 Å². The molecule has 0 unspecified atom stereocenters. The molecule has 0 saturated carbocycles. The number of nitriles is 4. The van der Waals surface area contributed by atoms with Crippen LogP contribution in [0.1, 0.15) is 13.8 Å². The van der Waals surface area contributed by atoms with Crippen molar-refractivity contribution in [2.45, 2.75) is 13.8 Å². The van der Waals surface area contributed by atoms with Crippen LogP contribution < -0.4 is 0 Å². The Labute approximate surface area is 108 Å². The number of rotatable bonds is 0. The van der Waals surface area contributed by atoms with Crippen molar-refractivity contribution < 1.29 is 0 Å². The summed E-state index contributed by atoms with van der Waals surface area (Å²) >= 11 is 3.30. The molecule has 2 atom stereocenters. The molecule has 0 radical (unpaired) electrons. The normalized spacial score (nSPS) is 28.8. The Balaban J connectivity index is 3.72. The molecule has 4 nitrogen and oxygen atoms in total. The summed E-state index contributed by atoms with van der Waals surface area (Å²) in [5, 5.41) is 37.2. The van der Waals surface area contributed by atoms with Crippen LogP contribution in [0.15, 0.2) is 10.6 Å². The van der Waals surface area contributed by atoms with Crippen LogP contribution in [0.2, 0.25) is 0 Å². The molecule has 0 N–H and O–H groups in total. The summed E-state index contributed by atoms with van der Waals surface area (Å²) < 4.78 is 0.689. The highest BCUT2D eigenvalue weighted by atomic mass is 79.9. The van der Waals surface area contributed by atoms with Crippen molar-refractivity contribution in [2.75, 3.05) is 0 Å². The summed E-state index contributed by atoms with van der Waals surface area (Å²) in [6.07, 6.45) is 1.73. The average Bonchev–Trinajstić information content (AvgIpc) is 2.34. The van der Waals surface area contributed by atoms with Crippen LogP contribution in [0.4, 0.5) is 0 Å². The number of nitrogens with zero attached hydrogens (tertiary/aromatic N) is 4. The van der Waals surface area contributed by atoms with E-state index < -0.39 is 22.7 Å². The van der Waals surface area contributed by atoms with Gasteiger partial charge in [-0.2, -0.15) is 21.0 Å². The molecule has 5 heteroatoms. The molecule has 0 aliphatic heterocycles. The zero-order valence-corrected chi connectivity index (χ0v) is 11.0. The number of hydrogen-bond donors (Lipinski definition) is 0. The van der Waals surface area contributed by atoms with Gasteiger partial charge in [0.15, 0.2) is 10.8 Å². The molecule has 0 amide bonds. The van der Waals surface area contributed by atoms with Crippen molar-refractivity contribution in [1.29, 1.82) is 21.0 Å². The fourth-order valence-corrected chi connectivity index (χ4v) is 2.96. The Morgan fingerprint density at radius 2 is 1.41 bits per heavy atom. The lowest BCUT2D eigenvalue weighted by molar-refractivity contribution is 0.172. The summed E-state index contributed by atoms with van der Waals surface area (Å²) in [7, 11) is 0. The molecule has 0 heterocycles. The SMILES string of the molecule is C[C@@H]1C=C(Br)[C@H](C)C(C#N)(C#N)C1(C#N)C#N. The third-order valence-electron chi connectivity index (χ3n) is 3.48. The van der Waals surface area contributed by atoms with Crippen LogP contribution in [0.3, 0.4) is 0 Å². The van der Waals surface area contributed by atoms with Crippen LogP contribution in [-0.2, 0) is 0 Å². The van der Waals surface area contributed by atoms with Gasteiger partial charge in [-0.05, 0) is 4.48 Å². The first-order chi connectivity index (χ1) is 7.95. The van der Waals surface area contributed by atoms with Crippen molar-refractivity contribution in [2.24, 2.45) is 22.7 Å². The lowest BCUT2D eigenvalue weighted by Crippen LogP contribution is -2.49. The molecular weight excluding hydrogens is 280 g/mol. The predicted octanol–water partition coefficient (Wildman–Crippen LogP) is 2.62. The summed E-state index contributed by atoms with van der Waals surface area (Å²) in [6, 6.07) is 7.57. The van der Waals surface area contributed by atoms with E-state index in [-0.39, 0.29) is 0 Å². The number of halogens is 1. The average molecular weight is 289 g/mol. The van der Waals surface area contributed by atoms with E-state index in [0.717, 1.165) is 0 Å². The lowest BCUT2D eigenvalue weighted by atomic mass is 9.53. The molecule has 0 aromatic rings. The van der Waals surface area contributed by atoms with Gasteiger partial charge in [0.05, 0.1) is 24.3 Å². The molecule has 1 aliphatic carbocycles. The van der Waals surface area contributed by atoms with Gasteiger partial charge in [-0.25, -0.2) is 0 Å². The first-order valence-electron chi connectivity index (χ1n) is 4.98. The topological polar surface area (TPSA) is 95.2 Å². The summed E-state index contributed by atoms with van der Waals surface area (Å²) in [4.78, 5) is 0. The standard InChI is InChI=1S/C12H9BrN4/c1-8-3-10(13)9(2)12(6-16,7-17)11(8,4-14)5-15/h3,8-9H,1-2H3/t8-,9+/m1/s1. The zero-order chi connectivity index (χ0) is 13.3. The highest BCUT2D eigenvalue weighted by Gasteiger charge is 2.62. The Bertz CT molecular complexity index is 507. The molecular formula is C12H9BrN4. The quantitative estimate of drug-likeness (QED) is 0.684. The van der Waals surface area contributed by atoms with Gasteiger partial charge < -0.3 is 0 Å². The van der Waals surface area contributed by atoms with Gasteiger partial charge >= 0.3 is 0 Å². The highest BCUT2D eigenvalue weighted by Crippen LogP contribution is 2.56. The molecule has 0 saturated heterocycles. The monoisotopic (exact) mass is 288 g/mol. The summed E-state index contributed by atoms with van der Waals surface area (Å²) in [5.41, 5.74) is -3.28. The molecule has 1 rings (SSSR count). The fourth-order valence-electron chi connectivity index (χ4n) is 2.22. The van der Waals surface area contributed by atoms with E-state index in [0.29, 0.717) is 4.48 Å². The van der Waals surface area contributed by atoms with Crippen molar-refractivity contribution in [1.82, 2.24) is 0 Å². The molecule has 0 aromatic heterocycles. The van der Waals surface area contributed by atoms with Gasteiger partial charge in [-0.15, -0.1) is 0 Å². The second kappa shape index (κ2) is 4.21. The number of hydrogen-bond acceptors (Lipinski definition) is 4. The van der Waals surface area contributed by atoms with E-state index in [1.807, 2.05) is 24.3 Å². The minimum absolute atomic E-state index is 0.484. The van der Waals surface area contributed by atoms with E-state index in [9.17, 15) is 21.0 Å². The first-order valence-corrected chi connectivity index (χ1v) is 5.77. The fraction of sp³-hybridized carbons (Fsp3) is 0.500. The Kier molecular flexibility index (Phi) is 3.28. The van der Waals surface area contributed by atoms with E-state index in [4.69, 9.17) is 0 Å². The van der Waals surface area contributed by atoms with Crippen LogP contribution in [0.25, 0.3) is 0 Å². The predicted molar refractivity (Wildman–Crippen MR) is 62.7 cm³/mol. The first kappa shape index (κ1) is 13.2. The van der Waals surface area contributed by atoms with E-state index >= 15 is 0 Å². The molecule has 1 aliphatic rings. The maximum Gasteiger partial charge on any atom is 0.182 e. The summed E-state index contributed by atoms with van der Waals surface area (Å²) in [5.74, 6) is -0.990. The van der Waals surface area contributed by atoms with Gasteiger partial charge in [-0.1, -0.05) is 35.9 Å². The zero-order valence-electron chi connectivity index (χ0n) is 9.40. The van der Waals surface area contributed by atoms with Crippen molar-refractivity contribution in [3.8, 4) is 24.3 Å². The molecule has 0 bridgehead atoms. The molecule has 84 valence electrons. The maximum absolute atomic E-state index is 9.32. The molecule has 0 spiro atoms. The Morgan fingerprint density at radius 1 is 1.00 bits per heavy atom. The maximum atomic E-state index is 9.32. The van der Waals surface area contributed by atoms with Crippen molar-refractivity contribution >= 4 is 15.9 Å². The minimum Gasteiger partial charge on any atom is -0.196 e. The second-order valence-electron chi connectivity index (χ2n) is 4.13. The molecule has 17 heavy (non-hydrogen) atoms. The van der Waals surface area contributed by atoms with Crippen LogP contribution in [-0.4, -0.2) is 0 Å². The van der Waals surface area contributed by atoms with Gasteiger partial charge in [0.2, 0.25) is 0 Å². The molecule has 0 aromatic carbocycles. The largest absolute Gasteiger partial charge is 0.196 e. The Hall–Kier alpha value is -1.82. The summed E-state index contributed by atoms with van der Waals surface area (Å²) in [6.45, 7) is 3.34. The van der Waals surface area contributed by atoms with Gasteiger partial charge in [-0.3, -0.25) is 0 Å². The highest BCUT2D eigenvalue weighted by molar-refractivity contribution is 9.11. The van der Waals surface area contributed by atoms with Crippen LogP contribution in [0, 0.1) is 68.0 Å². The third-order valence-corrected chi connectivity index (χ3v) is 4.43. The van der Waals surface area contributed by atoms with Crippen molar-refractivity contribution in [3.05, 3.63) is 10.6 Å². The third kappa shape index (κ3) is 1.37. The van der Waals surface area contributed by atoms with Crippen molar-refractivity contribution in [3.63, 3.8) is 0 Å². The second-order valence-corrected chi connectivity index (χ2v) is 5.04. The van der Waals surface area contributed by atoms with Gasteiger partial charge in [0, 0.05) is 11.8 Å². The molecule has 0 fully saturated rings. The lowest BCUT2D eigenvalue weighted by Gasteiger charge is -2.42. The smallest absolute Gasteiger partial charge is 0.182 e. The number of allylic oxidation sites excluding steroid dienone is 2.